The summed E-state index contributed by atoms with van der Waals surface area (Å²) in [6, 6.07) is 3.05. The highest BCUT2D eigenvalue weighted by atomic mass is 35.5. The molecule has 0 radical (unpaired) electrons. The van der Waals surface area contributed by atoms with E-state index in [2.05, 4.69) is 25.5 Å². The average molecular weight is 330 g/mol. The van der Waals surface area contributed by atoms with Gasteiger partial charge in [0, 0.05) is 11.9 Å². The molecule has 0 aliphatic heterocycles. The Labute approximate surface area is 123 Å². The topological polar surface area (TPSA) is 46.2 Å². The highest BCUT2D eigenvalue weighted by molar-refractivity contribution is 7.91. The molecule has 0 aromatic carbocycles. The monoisotopic (exact) mass is 329 g/mol. The highest BCUT2D eigenvalue weighted by Crippen LogP contribution is 2.26. The van der Waals surface area contributed by atoms with Crippen molar-refractivity contribution in [2.45, 2.75) is 36.8 Å². The van der Waals surface area contributed by atoms with Crippen molar-refractivity contribution >= 4 is 44.6 Å². The number of hydrogen-bond donors (Lipinski definition) is 1. The molecule has 1 aromatic rings. The van der Waals surface area contributed by atoms with E-state index in [1.807, 2.05) is 0 Å². The van der Waals surface area contributed by atoms with Gasteiger partial charge in [-0.15, -0.1) is 22.9 Å². The Hall–Kier alpha value is 0.190. The zero-order valence-corrected chi connectivity index (χ0v) is 13.7. The van der Waals surface area contributed by atoms with Crippen molar-refractivity contribution in [2.24, 2.45) is 5.41 Å². The minimum atomic E-state index is -3.49. The van der Waals surface area contributed by atoms with Crippen LogP contribution in [0.2, 0.25) is 4.34 Å². The Morgan fingerprint density at radius 1 is 1.39 bits per heavy atom. The van der Waals surface area contributed by atoms with Gasteiger partial charge >= 0.3 is 0 Å². The van der Waals surface area contributed by atoms with Crippen LogP contribution in [-0.2, 0) is 10.0 Å². The number of nitrogens with one attached hydrogen (secondary N) is 1. The fourth-order valence-corrected chi connectivity index (χ4v) is 4.69. The smallest absolute Gasteiger partial charge is 0.209 e. The molecule has 7 heteroatoms. The number of halogens is 2. The lowest BCUT2D eigenvalue weighted by Gasteiger charge is -2.21. The second-order valence-electron chi connectivity index (χ2n) is 5.27. The van der Waals surface area contributed by atoms with Gasteiger partial charge in [0.05, 0.1) is 4.34 Å². The minimum absolute atomic E-state index is 0.0735. The zero-order valence-electron chi connectivity index (χ0n) is 10.5. The summed E-state index contributed by atoms with van der Waals surface area (Å²) in [7, 11) is -3.49. The van der Waals surface area contributed by atoms with Crippen molar-refractivity contribution in [3.8, 4) is 0 Å². The van der Waals surface area contributed by atoms with Gasteiger partial charge in [-0.3, -0.25) is 0 Å². The number of rotatable bonds is 5. The first-order chi connectivity index (χ1) is 8.10. The molecular formula is C11H17Cl2NO2S2. The maximum atomic E-state index is 11.9. The molecule has 0 fully saturated rings. The van der Waals surface area contributed by atoms with Gasteiger partial charge < -0.3 is 0 Å². The van der Waals surface area contributed by atoms with Crippen LogP contribution in [0.3, 0.4) is 0 Å². The second-order valence-corrected chi connectivity index (χ2v) is 9.60. The summed E-state index contributed by atoms with van der Waals surface area (Å²) >= 11 is 12.9. The molecule has 1 rings (SSSR count). The van der Waals surface area contributed by atoms with Crippen LogP contribution in [0.5, 0.6) is 0 Å². The predicted molar refractivity (Wildman–Crippen MR) is 78.2 cm³/mol. The fourth-order valence-electron chi connectivity index (χ4n) is 1.45. The van der Waals surface area contributed by atoms with E-state index in [4.69, 9.17) is 23.2 Å². The molecule has 0 amide bonds. The van der Waals surface area contributed by atoms with E-state index < -0.39 is 10.0 Å². The number of sulfonamides is 1. The molecule has 3 nitrogen and oxygen atoms in total. The number of hydrogen-bond acceptors (Lipinski definition) is 3. The summed E-state index contributed by atoms with van der Waals surface area (Å²) in [5, 5.41) is -0.227. The molecule has 0 aliphatic carbocycles. The predicted octanol–water partition coefficient (Wildman–Crippen LogP) is 3.72. The first kappa shape index (κ1) is 16.2. The van der Waals surface area contributed by atoms with Crippen LogP contribution < -0.4 is 4.72 Å². The van der Waals surface area contributed by atoms with Gasteiger partial charge in [0.15, 0.2) is 0 Å². The second kappa shape index (κ2) is 6.09. The fraction of sp³-hybridized carbons (Fsp3) is 0.636. The molecule has 1 atom stereocenters. The molecule has 1 N–H and O–H groups in total. The SMILES string of the molecule is CC(C)(C)CC(Cl)CNS(=O)(=O)c1ccc(Cl)s1. The van der Waals surface area contributed by atoms with E-state index >= 15 is 0 Å². The Balaban J connectivity index is 2.58. The quantitative estimate of drug-likeness (QED) is 0.836. The maximum absolute atomic E-state index is 11.9. The molecule has 1 heterocycles. The van der Waals surface area contributed by atoms with Crippen molar-refractivity contribution in [3.63, 3.8) is 0 Å². The summed E-state index contributed by atoms with van der Waals surface area (Å²) in [6.45, 7) is 6.42. The summed E-state index contributed by atoms with van der Waals surface area (Å²) < 4.78 is 27.0. The Morgan fingerprint density at radius 2 is 2.00 bits per heavy atom. The molecule has 0 saturated heterocycles. The summed E-state index contributed by atoms with van der Waals surface area (Å²) in [5.41, 5.74) is 0.0735. The van der Waals surface area contributed by atoms with E-state index in [0.29, 0.717) is 4.34 Å². The molecule has 0 aliphatic rings. The van der Waals surface area contributed by atoms with Crippen molar-refractivity contribution in [1.82, 2.24) is 4.72 Å². The average Bonchev–Trinajstić information content (AvgIpc) is 2.60. The summed E-state index contributed by atoms with van der Waals surface area (Å²) in [5.74, 6) is 0. The van der Waals surface area contributed by atoms with Gasteiger partial charge in [0.2, 0.25) is 10.0 Å². The zero-order chi connectivity index (χ0) is 14.0. The highest BCUT2D eigenvalue weighted by Gasteiger charge is 2.21. The minimum Gasteiger partial charge on any atom is -0.209 e. The van der Waals surface area contributed by atoms with Gasteiger partial charge in [-0.2, -0.15) is 0 Å². The third kappa shape index (κ3) is 5.45. The van der Waals surface area contributed by atoms with Crippen LogP contribution >= 0.6 is 34.5 Å². The molecule has 0 bridgehead atoms. The van der Waals surface area contributed by atoms with Crippen LogP contribution in [0.25, 0.3) is 0 Å². The van der Waals surface area contributed by atoms with Crippen molar-refractivity contribution < 1.29 is 8.42 Å². The van der Waals surface area contributed by atoms with E-state index in [0.717, 1.165) is 17.8 Å². The van der Waals surface area contributed by atoms with Crippen molar-refractivity contribution in [2.75, 3.05) is 6.54 Å². The molecular weight excluding hydrogens is 313 g/mol. The lowest BCUT2D eigenvalue weighted by atomic mass is 9.90. The molecule has 0 spiro atoms. The van der Waals surface area contributed by atoms with Crippen LogP contribution in [0.4, 0.5) is 0 Å². The molecule has 1 unspecified atom stereocenters. The molecule has 18 heavy (non-hydrogen) atoms. The van der Waals surface area contributed by atoms with Gasteiger partial charge in [-0.25, -0.2) is 13.1 Å². The van der Waals surface area contributed by atoms with E-state index in [9.17, 15) is 8.42 Å². The lowest BCUT2D eigenvalue weighted by Crippen LogP contribution is -2.31. The molecule has 1 aromatic heterocycles. The van der Waals surface area contributed by atoms with Gasteiger partial charge in [0.25, 0.3) is 0 Å². The summed E-state index contributed by atoms with van der Waals surface area (Å²) in [4.78, 5) is 0. The van der Waals surface area contributed by atoms with Gasteiger partial charge in [0.1, 0.15) is 4.21 Å². The van der Waals surface area contributed by atoms with E-state index in [-0.39, 0.29) is 21.5 Å². The van der Waals surface area contributed by atoms with Gasteiger partial charge in [-0.1, -0.05) is 32.4 Å². The van der Waals surface area contributed by atoms with Crippen molar-refractivity contribution in [1.29, 1.82) is 0 Å². The third-order valence-corrected chi connectivity index (χ3v) is 5.60. The Bertz CT molecular complexity index is 491. The normalized spacial score (nSPS) is 14.7. The number of alkyl halides is 1. The molecule has 0 saturated carbocycles. The Kier molecular flexibility index (Phi) is 5.50. The maximum Gasteiger partial charge on any atom is 0.250 e. The van der Waals surface area contributed by atoms with Crippen LogP contribution in [0.15, 0.2) is 16.3 Å². The number of thiophene rings is 1. The van der Waals surface area contributed by atoms with E-state index in [1.54, 1.807) is 6.07 Å². The first-order valence-corrected chi connectivity index (χ1v) is 8.61. The molecule has 104 valence electrons. The van der Waals surface area contributed by atoms with Crippen LogP contribution in [-0.4, -0.2) is 20.3 Å². The standard InChI is InChI=1S/C11H17Cl2NO2S2/c1-11(2,3)6-8(12)7-14-18(15,16)10-5-4-9(13)17-10/h4-5,8,14H,6-7H2,1-3H3. The lowest BCUT2D eigenvalue weighted by molar-refractivity contribution is 0.369. The third-order valence-electron chi connectivity index (χ3n) is 2.14. The summed E-state index contributed by atoms with van der Waals surface area (Å²) in [6.07, 6.45) is 0.738. The van der Waals surface area contributed by atoms with Gasteiger partial charge in [-0.05, 0) is 24.0 Å². The largest absolute Gasteiger partial charge is 0.250 e. The van der Waals surface area contributed by atoms with E-state index in [1.165, 1.54) is 6.07 Å². The first-order valence-electron chi connectivity index (χ1n) is 5.49. The van der Waals surface area contributed by atoms with Crippen LogP contribution in [0, 0.1) is 5.41 Å². The van der Waals surface area contributed by atoms with Crippen LogP contribution in [0.1, 0.15) is 27.2 Å². The Morgan fingerprint density at radius 3 is 2.44 bits per heavy atom. The van der Waals surface area contributed by atoms with Crippen molar-refractivity contribution in [3.05, 3.63) is 16.5 Å².